The van der Waals surface area contributed by atoms with E-state index in [1.54, 1.807) is 0 Å². The number of hydrogen-bond acceptors (Lipinski definition) is 5. The Balaban J connectivity index is 1.60. The van der Waals surface area contributed by atoms with E-state index in [-0.39, 0.29) is 18.2 Å². The van der Waals surface area contributed by atoms with Crippen molar-refractivity contribution in [2.45, 2.75) is 32.4 Å². The molecule has 1 aliphatic heterocycles. The molecule has 0 unspecified atom stereocenters. The van der Waals surface area contributed by atoms with E-state index in [0.29, 0.717) is 22.4 Å². The van der Waals surface area contributed by atoms with Crippen LogP contribution in [0.1, 0.15) is 46.1 Å². The Morgan fingerprint density at radius 2 is 1.93 bits per heavy atom. The van der Waals surface area contributed by atoms with E-state index in [2.05, 4.69) is 14.9 Å². The van der Waals surface area contributed by atoms with Crippen molar-refractivity contribution >= 4 is 23.5 Å². The van der Waals surface area contributed by atoms with Gasteiger partial charge in [-0.15, -0.1) is 0 Å². The fraction of sp³-hybridized carbons (Fsp3) is 0.261. The van der Waals surface area contributed by atoms with Crippen molar-refractivity contribution in [3.63, 3.8) is 0 Å². The summed E-state index contributed by atoms with van der Waals surface area (Å²) in [7, 11) is 0. The molecule has 1 saturated heterocycles. The number of anilines is 1. The van der Waals surface area contributed by atoms with Crippen molar-refractivity contribution < 1.29 is 14.6 Å². The highest BCUT2D eigenvalue weighted by Gasteiger charge is 2.29. The summed E-state index contributed by atoms with van der Waals surface area (Å²) in [5, 5.41) is 10.2. The Bertz CT molecular complexity index is 1040. The molecule has 7 heteroatoms. The third-order valence-corrected chi connectivity index (χ3v) is 5.50. The Morgan fingerprint density at radius 1 is 1.20 bits per heavy atom. The molecular weight excluding hydrogens is 402 g/mol. The van der Waals surface area contributed by atoms with Crippen LogP contribution in [0.25, 0.3) is 0 Å². The quantitative estimate of drug-likeness (QED) is 0.597. The van der Waals surface area contributed by atoms with E-state index < -0.39 is 5.97 Å². The minimum atomic E-state index is -1.07. The number of carboxylic acids is 1. The zero-order valence-corrected chi connectivity index (χ0v) is 17.3. The Morgan fingerprint density at radius 3 is 2.63 bits per heavy atom. The van der Waals surface area contributed by atoms with Gasteiger partial charge in [0.2, 0.25) is 5.95 Å². The lowest BCUT2D eigenvalue weighted by atomic mass is 10.1. The maximum Gasteiger partial charge on any atom is 0.339 e. The molecule has 1 N–H and O–H groups in total. The lowest BCUT2D eigenvalue weighted by Crippen LogP contribution is -2.26. The summed E-state index contributed by atoms with van der Waals surface area (Å²) in [6.07, 6.45) is 3.35. The van der Waals surface area contributed by atoms with E-state index >= 15 is 0 Å². The van der Waals surface area contributed by atoms with Gasteiger partial charge in [0.15, 0.2) is 0 Å². The van der Waals surface area contributed by atoms with Crippen LogP contribution in [-0.2, 0) is 6.61 Å². The summed E-state index contributed by atoms with van der Waals surface area (Å²) in [5.41, 5.74) is 2.67. The number of hydrogen-bond donors (Lipinski definition) is 1. The minimum absolute atomic E-state index is 0.0492. The molecule has 1 fully saturated rings. The van der Waals surface area contributed by atoms with Crippen LogP contribution in [0, 0.1) is 6.92 Å². The molecule has 0 aliphatic carbocycles. The number of carboxylic acid groups (broad SMARTS) is 1. The molecule has 154 valence electrons. The first-order valence-corrected chi connectivity index (χ1v) is 10.2. The van der Waals surface area contributed by atoms with E-state index in [4.69, 9.17) is 16.3 Å². The number of carbonyl (C=O) groups is 1. The first-order chi connectivity index (χ1) is 14.5. The summed E-state index contributed by atoms with van der Waals surface area (Å²) in [4.78, 5) is 22.7. The highest BCUT2D eigenvalue weighted by molar-refractivity contribution is 6.30. The molecule has 4 rings (SSSR count). The highest BCUT2D eigenvalue weighted by Crippen LogP contribution is 2.35. The van der Waals surface area contributed by atoms with Crippen molar-refractivity contribution in [1.29, 1.82) is 0 Å². The molecule has 0 radical (unpaired) electrons. The third-order valence-electron chi connectivity index (χ3n) is 5.25. The number of nitrogens with zero attached hydrogens (tertiary/aromatic N) is 3. The summed E-state index contributed by atoms with van der Waals surface area (Å²) < 4.78 is 5.79. The summed E-state index contributed by atoms with van der Waals surface area (Å²) in [6.45, 7) is 2.85. The van der Waals surface area contributed by atoms with Gasteiger partial charge in [0.05, 0.1) is 11.7 Å². The molecule has 0 bridgehead atoms. The molecular formula is C23H22ClN3O3. The molecule has 2 aromatic carbocycles. The second-order valence-electron chi connectivity index (χ2n) is 7.34. The van der Waals surface area contributed by atoms with Gasteiger partial charge in [0, 0.05) is 17.8 Å². The van der Waals surface area contributed by atoms with Gasteiger partial charge in [-0.05, 0) is 49.6 Å². The topological polar surface area (TPSA) is 75.5 Å². The summed E-state index contributed by atoms with van der Waals surface area (Å²) >= 11 is 6.03. The molecule has 30 heavy (non-hydrogen) atoms. The predicted octanol–water partition coefficient (Wildman–Crippen LogP) is 5.06. The molecule has 1 atom stereocenters. The standard InChI is InChI=1S/C23H22ClN3O3/c1-15-4-10-18(11-5-15)30-14-20-19(22(28)29)13-25-23(26-20)27-12-2-3-21(27)16-6-8-17(24)9-7-16/h4-11,13,21H,2-3,12,14H2,1H3,(H,28,29)/t21-/m1/s1. The van der Waals surface area contributed by atoms with Crippen LogP contribution >= 0.6 is 11.6 Å². The van der Waals surface area contributed by atoms with E-state index in [0.717, 1.165) is 30.5 Å². The summed E-state index contributed by atoms with van der Waals surface area (Å²) in [6, 6.07) is 15.5. The maximum absolute atomic E-state index is 11.7. The zero-order valence-electron chi connectivity index (χ0n) is 16.6. The smallest absolute Gasteiger partial charge is 0.339 e. The number of halogens is 1. The second kappa shape index (κ2) is 8.71. The largest absolute Gasteiger partial charge is 0.487 e. The molecule has 3 aromatic rings. The first kappa shape index (κ1) is 20.2. The second-order valence-corrected chi connectivity index (χ2v) is 7.78. The van der Waals surface area contributed by atoms with Gasteiger partial charge in [0.25, 0.3) is 0 Å². The molecule has 0 saturated carbocycles. The number of aromatic nitrogens is 2. The van der Waals surface area contributed by atoms with Crippen molar-refractivity contribution in [2.75, 3.05) is 11.4 Å². The lowest BCUT2D eigenvalue weighted by molar-refractivity contribution is 0.0692. The third kappa shape index (κ3) is 4.39. The molecule has 6 nitrogen and oxygen atoms in total. The zero-order chi connectivity index (χ0) is 21.1. The monoisotopic (exact) mass is 423 g/mol. The highest BCUT2D eigenvalue weighted by atomic mass is 35.5. The van der Waals surface area contributed by atoms with Gasteiger partial charge in [-0.25, -0.2) is 14.8 Å². The van der Waals surface area contributed by atoms with Gasteiger partial charge in [0.1, 0.15) is 17.9 Å². The van der Waals surface area contributed by atoms with Crippen LogP contribution in [0.5, 0.6) is 5.75 Å². The Labute approximate surface area is 180 Å². The molecule has 2 heterocycles. The normalized spacial score (nSPS) is 15.9. The first-order valence-electron chi connectivity index (χ1n) is 9.82. The molecule has 0 spiro atoms. The number of aryl methyl sites for hydroxylation is 1. The average molecular weight is 424 g/mol. The van der Waals surface area contributed by atoms with E-state index in [1.807, 2.05) is 55.5 Å². The van der Waals surface area contributed by atoms with Crippen LogP contribution < -0.4 is 9.64 Å². The number of rotatable bonds is 6. The van der Waals surface area contributed by atoms with Gasteiger partial charge >= 0.3 is 5.97 Å². The maximum atomic E-state index is 11.7. The SMILES string of the molecule is Cc1ccc(OCc2nc(N3CCC[C@@H]3c3ccc(Cl)cc3)ncc2C(=O)O)cc1. The van der Waals surface area contributed by atoms with Crippen LogP contribution in [0.3, 0.4) is 0 Å². The molecule has 1 aromatic heterocycles. The van der Waals surface area contributed by atoms with Crippen LogP contribution in [0.15, 0.2) is 54.7 Å². The molecule has 1 aliphatic rings. The van der Waals surface area contributed by atoms with Crippen LogP contribution in [0.2, 0.25) is 5.02 Å². The fourth-order valence-electron chi connectivity index (χ4n) is 3.66. The summed E-state index contributed by atoms with van der Waals surface area (Å²) in [5.74, 6) is 0.108. The van der Waals surface area contributed by atoms with Crippen LogP contribution in [-0.4, -0.2) is 27.6 Å². The van der Waals surface area contributed by atoms with E-state index in [9.17, 15) is 9.90 Å². The molecule has 0 amide bonds. The predicted molar refractivity (Wildman–Crippen MR) is 115 cm³/mol. The van der Waals surface area contributed by atoms with Crippen molar-refractivity contribution in [3.05, 3.63) is 82.1 Å². The number of aromatic carboxylic acids is 1. The minimum Gasteiger partial charge on any atom is -0.487 e. The average Bonchev–Trinajstić information content (AvgIpc) is 3.23. The lowest BCUT2D eigenvalue weighted by Gasteiger charge is -2.25. The van der Waals surface area contributed by atoms with E-state index in [1.165, 1.54) is 6.20 Å². The van der Waals surface area contributed by atoms with Gasteiger partial charge in [-0.3, -0.25) is 0 Å². The Kier molecular flexibility index (Phi) is 5.86. The fourth-order valence-corrected chi connectivity index (χ4v) is 3.78. The van der Waals surface area contributed by atoms with Gasteiger partial charge in [-0.2, -0.15) is 0 Å². The number of ether oxygens (including phenoxy) is 1. The van der Waals surface area contributed by atoms with Crippen molar-refractivity contribution in [2.24, 2.45) is 0 Å². The van der Waals surface area contributed by atoms with Crippen molar-refractivity contribution in [1.82, 2.24) is 9.97 Å². The van der Waals surface area contributed by atoms with Crippen molar-refractivity contribution in [3.8, 4) is 5.75 Å². The number of benzene rings is 2. The van der Waals surface area contributed by atoms with Gasteiger partial charge in [-0.1, -0.05) is 41.4 Å². The Hall–Kier alpha value is -3.12. The van der Waals surface area contributed by atoms with Crippen LogP contribution in [0.4, 0.5) is 5.95 Å². The van der Waals surface area contributed by atoms with Gasteiger partial charge < -0.3 is 14.7 Å².